The lowest BCUT2D eigenvalue weighted by atomic mass is 10.0. The molecular formula is C38H42N4O4. The number of nitrogens with one attached hydrogen (secondary N) is 2. The molecule has 46 heavy (non-hydrogen) atoms. The number of aryl methyl sites for hydroxylation is 1. The van der Waals surface area contributed by atoms with Crippen LogP contribution in [-0.4, -0.2) is 40.3 Å². The summed E-state index contributed by atoms with van der Waals surface area (Å²) in [4.78, 5) is 30.4. The summed E-state index contributed by atoms with van der Waals surface area (Å²) in [6, 6.07) is 31.3. The zero-order chi connectivity index (χ0) is 32.5. The molecule has 0 fully saturated rings. The lowest BCUT2D eigenvalue weighted by molar-refractivity contribution is 0.0207. The van der Waals surface area contributed by atoms with E-state index in [9.17, 15) is 9.59 Å². The predicted molar refractivity (Wildman–Crippen MR) is 183 cm³/mol. The van der Waals surface area contributed by atoms with Gasteiger partial charge in [-0.1, -0.05) is 74.0 Å². The van der Waals surface area contributed by atoms with Gasteiger partial charge in [-0.25, -0.2) is 9.78 Å². The molecule has 8 nitrogen and oxygen atoms in total. The number of fused-ring (bicyclic) bond motifs is 1. The minimum absolute atomic E-state index is 0.115. The zero-order valence-electron chi connectivity index (χ0n) is 27.0. The Kier molecular flexibility index (Phi) is 10.4. The number of amides is 1. The number of hydrogen-bond donors (Lipinski definition) is 2. The van der Waals surface area contributed by atoms with Crippen LogP contribution in [0, 0.1) is 0 Å². The number of benzene rings is 4. The number of carbonyl (C=O) groups excluding carboxylic acids is 2. The molecule has 1 amide bonds. The molecule has 8 heteroatoms. The van der Waals surface area contributed by atoms with E-state index in [1.165, 1.54) is 0 Å². The molecule has 0 aliphatic heterocycles. The Balaban J connectivity index is 1.33. The highest BCUT2D eigenvalue weighted by atomic mass is 16.7. The van der Waals surface area contributed by atoms with Gasteiger partial charge in [0, 0.05) is 42.9 Å². The lowest BCUT2D eigenvalue weighted by Crippen LogP contribution is -2.28. The summed E-state index contributed by atoms with van der Waals surface area (Å²) < 4.78 is 13.1. The van der Waals surface area contributed by atoms with Gasteiger partial charge in [0.1, 0.15) is 17.2 Å². The molecule has 0 unspecified atom stereocenters. The number of anilines is 1. The summed E-state index contributed by atoms with van der Waals surface area (Å²) in [5.41, 5.74) is 5.59. The van der Waals surface area contributed by atoms with E-state index in [0.717, 1.165) is 58.5 Å². The second-order valence-corrected chi connectivity index (χ2v) is 12.2. The molecule has 0 saturated carbocycles. The molecule has 0 bridgehead atoms. The standard InChI is InChI=1S/C38H42N4O4/c1-5-6-16-35-41-32-22-21-29(36(43)40-24-23-39-30-12-8-7-9-13-30)25-33(32)42(35)26-27-17-19-28(20-18-27)31-14-10-11-15-34(31)45-37(44)46-38(2,3)4/h7-15,17-22,25,39H,5-6,16,23-24,26H2,1-4H3,(H,40,43). The second kappa shape index (κ2) is 14.8. The van der Waals surface area contributed by atoms with Crippen molar-refractivity contribution in [1.29, 1.82) is 0 Å². The van der Waals surface area contributed by atoms with Gasteiger partial charge in [-0.15, -0.1) is 0 Å². The number of rotatable bonds is 12. The molecule has 5 rings (SSSR count). The van der Waals surface area contributed by atoms with Crippen molar-refractivity contribution in [2.75, 3.05) is 18.4 Å². The molecule has 4 aromatic carbocycles. The summed E-state index contributed by atoms with van der Waals surface area (Å²) in [5.74, 6) is 1.33. The normalized spacial score (nSPS) is 11.3. The van der Waals surface area contributed by atoms with Gasteiger partial charge in [0.2, 0.25) is 0 Å². The van der Waals surface area contributed by atoms with E-state index in [1.807, 2.05) is 78.9 Å². The first-order chi connectivity index (χ1) is 22.2. The van der Waals surface area contributed by atoms with Crippen molar-refractivity contribution in [3.63, 3.8) is 0 Å². The zero-order valence-corrected chi connectivity index (χ0v) is 27.0. The molecular weight excluding hydrogens is 576 g/mol. The number of imidazole rings is 1. The van der Waals surface area contributed by atoms with Crippen LogP contribution in [-0.2, 0) is 17.7 Å². The average Bonchev–Trinajstić information content (AvgIpc) is 3.38. The van der Waals surface area contributed by atoms with E-state index in [1.54, 1.807) is 26.8 Å². The summed E-state index contributed by atoms with van der Waals surface area (Å²) in [6.45, 7) is 9.33. The third kappa shape index (κ3) is 8.53. The van der Waals surface area contributed by atoms with Gasteiger partial charge >= 0.3 is 6.16 Å². The van der Waals surface area contributed by atoms with Crippen LogP contribution in [0.4, 0.5) is 10.5 Å². The summed E-state index contributed by atoms with van der Waals surface area (Å²) in [6.07, 6.45) is 2.21. The highest BCUT2D eigenvalue weighted by Crippen LogP contribution is 2.31. The molecule has 0 aliphatic rings. The highest BCUT2D eigenvalue weighted by molar-refractivity contribution is 5.97. The minimum Gasteiger partial charge on any atom is -0.428 e. The molecule has 1 heterocycles. The highest BCUT2D eigenvalue weighted by Gasteiger charge is 2.20. The largest absolute Gasteiger partial charge is 0.514 e. The van der Waals surface area contributed by atoms with Crippen LogP contribution in [0.15, 0.2) is 97.1 Å². The molecule has 0 aliphatic carbocycles. The fourth-order valence-electron chi connectivity index (χ4n) is 5.18. The van der Waals surface area contributed by atoms with E-state index < -0.39 is 11.8 Å². The smallest absolute Gasteiger partial charge is 0.428 e. The van der Waals surface area contributed by atoms with Crippen LogP contribution in [0.25, 0.3) is 22.2 Å². The Hall–Kier alpha value is -5.11. The van der Waals surface area contributed by atoms with Crippen LogP contribution in [0.2, 0.25) is 0 Å². The van der Waals surface area contributed by atoms with Crippen molar-refractivity contribution < 1.29 is 19.1 Å². The molecule has 238 valence electrons. The van der Waals surface area contributed by atoms with Gasteiger partial charge < -0.3 is 24.7 Å². The number of hydrogen-bond acceptors (Lipinski definition) is 6. The Morgan fingerprint density at radius 2 is 1.61 bits per heavy atom. The maximum atomic E-state index is 13.1. The summed E-state index contributed by atoms with van der Waals surface area (Å²) >= 11 is 0. The molecule has 1 aromatic heterocycles. The first kappa shape index (κ1) is 32.3. The van der Waals surface area contributed by atoms with Crippen LogP contribution in [0.1, 0.15) is 62.3 Å². The third-order valence-electron chi connectivity index (χ3n) is 7.43. The number of nitrogens with zero attached hydrogens (tertiary/aromatic N) is 2. The number of aromatic nitrogens is 2. The first-order valence-corrected chi connectivity index (χ1v) is 15.9. The fraction of sp³-hybridized carbons (Fsp3) is 0.289. The molecule has 0 atom stereocenters. The number of ether oxygens (including phenoxy) is 2. The van der Waals surface area contributed by atoms with Gasteiger partial charge in [0.15, 0.2) is 0 Å². The van der Waals surface area contributed by atoms with Crippen LogP contribution < -0.4 is 15.4 Å². The van der Waals surface area contributed by atoms with E-state index in [0.29, 0.717) is 30.9 Å². The maximum Gasteiger partial charge on any atom is 0.514 e. The van der Waals surface area contributed by atoms with E-state index in [4.69, 9.17) is 14.5 Å². The molecule has 0 spiro atoms. The van der Waals surface area contributed by atoms with Crippen LogP contribution in [0.3, 0.4) is 0 Å². The van der Waals surface area contributed by atoms with Crippen LogP contribution >= 0.6 is 0 Å². The van der Waals surface area contributed by atoms with Crippen LogP contribution in [0.5, 0.6) is 5.75 Å². The number of unbranched alkanes of at least 4 members (excludes halogenated alkanes) is 1. The summed E-state index contributed by atoms with van der Waals surface area (Å²) in [5, 5.41) is 6.34. The van der Waals surface area contributed by atoms with Gasteiger partial charge in [-0.05, 0) is 74.7 Å². The Labute approximate surface area is 270 Å². The minimum atomic E-state index is -0.736. The predicted octanol–water partition coefficient (Wildman–Crippen LogP) is 8.25. The SMILES string of the molecule is CCCCc1nc2ccc(C(=O)NCCNc3ccccc3)cc2n1Cc1ccc(-c2ccccc2OC(=O)OC(C)(C)C)cc1. The van der Waals surface area contributed by atoms with E-state index >= 15 is 0 Å². The average molecular weight is 619 g/mol. The Morgan fingerprint density at radius 3 is 2.35 bits per heavy atom. The molecule has 0 radical (unpaired) electrons. The van der Waals surface area contributed by atoms with Gasteiger partial charge in [-0.2, -0.15) is 0 Å². The van der Waals surface area contributed by atoms with Crippen molar-refractivity contribution in [2.24, 2.45) is 0 Å². The monoisotopic (exact) mass is 618 g/mol. The number of para-hydroxylation sites is 2. The van der Waals surface area contributed by atoms with Crippen molar-refractivity contribution in [3.8, 4) is 16.9 Å². The second-order valence-electron chi connectivity index (χ2n) is 12.2. The van der Waals surface area contributed by atoms with Crippen molar-refractivity contribution in [3.05, 3.63) is 114 Å². The van der Waals surface area contributed by atoms with Gasteiger partial charge in [0.05, 0.1) is 11.0 Å². The fourth-order valence-corrected chi connectivity index (χ4v) is 5.18. The van der Waals surface area contributed by atoms with Crippen molar-refractivity contribution >= 4 is 28.8 Å². The molecule has 2 N–H and O–H groups in total. The number of carbonyl (C=O) groups is 2. The van der Waals surface area contributed by atoms with Gasteiger partial charge in [-0.3, -0.25) is 4.79 Å². The quantitative estimate of drug-likeness (QED) is 0.0831. The van der Waals surface area contributed by atoms with E-state index in [-0.39, 0.29) is 5.91 Å². The molecule has 5 aromatic rings. The molecule has 0 saturated heterocycles. The topological polar surface area (TPSA) is 94.5 Å². The van der Waals surface area contributed by atoms with Gasteiger partial charge in [0.25, 0.3) is 5.91 Å². The third-order valence-corrected chi connectivity index (χ3v) is 7.43. The lowest BCUT2D eigenvalue weighted by Gasteiger charge is -2.19. The van der Waals surface area contributed by atoms with Crippen molar-refractivity contribution in [1.82, 2.24) is 14.9 Å². The first-order valence-electron chi connectivity index (χ1n) is 15.9. The Morgan fingerprint density at radius 1 is 0.870 bits per heavy atom. The van der Waals surface area contributed by atoms with Crippen molar-refractivity contribution in [2.45, 2.75) is 59.1 Å². The Bertz CT molecular complexity index is 1770. The maximum absolute atomic E-state index is 13.1. The summed E-state index contributed by atoms with van der Waals surface area (Å²) in [7, 11) is 0. The van der Waals surface area contributed by atoms with E-state index in [2.05, 4.69) is 34.3 Å².